The topological polar surface area (TPSA) is 55.1 Å². The van der Waals surface area contributed by atoms with Crippen LogP contribution in [0.2, 0.25) is 0 Å². The normalized spacial score (nSPS) is 10.6. The fourth-order valence-electron chi connectivity index (χ4n) is 1.86. The summed E-state index contributed by atoms with van der Waals surface area (Å²) in [6.45, 7) is 3.96. The van der Waals surface area contributed by atoms with Gasteiger partial charge in [0.05, 0.1) is 17.8 Å². The number of carboxylic acids is 1. The average Bonchev–Trinajstić information content (AvgIpc) is 2.60. The number of aryl methyl sites for hydroxylation is 2. The number of carboxylic acid groups (broad SMARTS) is 1. The molecule has 94 valence electrons. The zero-order valence-electron chi connectivity index (χ0n) is 10.1. The molecule has 0 aliphatic carbocycles. The lowest BCUT2D eigenvalue weighted by atomic mass is 10.1. The van der Waals surface area contributed by atoms with Gasteiger partial charge in [0.2, 0.25) is 0 Å². The molecule has 18 heavy (non-hydrogen) atoms. The summed E-state index contributed by atoms with van der Waals surface area (Å²) < 4.78 is 15.6. The standard InChI is InChI=1S/C13H13FN2O2/c1-8-6-9(2)16(15-8)7-10-4-3-5-11(12(10)14)13(17)18/h3-6H,7H2,1-2H3,(H,17,18). The molecule has 0 spiro atoms. The number of rotatable bonds is 3. The summed E-state index contributed by atoms with van der Waals surface area (Å²) in [5.74, 6) is -1.96. The van der Waals surface area contributed by atoms with Gasteiger partial charge in [0, 0.05) is 11.3 Å². The predicted molar refractivity (Wildman–Crippen MR) is 64.2 cm³/mol. The SMILES string of the molecule is Cc1cc(C)n(Cc2cccc(C(=O)O)c2F)n1. The van der Waals surface area contributed by atoms with E-state index in [1.165, 1.54) is 12.1 Å². The van der Waals surface area contributed by atoms with Crippen molar-refractivity contribution in [1.82, 2.24) is 9.78 Å². The summed E-state index contributed by atoms with van der Waals surface area (Å²) in [7, 11) is 0. The van der Waals surface area contributed by atoms with Crippen LogP contribution in [0.4, 0.5) is 4.39 Å². The van der Waals surface area contributed by atoms with Crippen molar-refractivity contribution in [1.29, 1.82) is 0 Å². The maximum absolute atomic E-state index is 13.9. The van der Waals surface area contributed by atoms with Crippen LogP contribution in [0.3, 0.4) is 0 Å². The minimum Gasteiger partial charge on any atom is -0.478 e. The number of nitrogens with zero attached hydrogens (tertiary/aromatic N) is 2. The zero-order valence-corrected chi connectivity index (χ0v) is 10.1. The maximum Gasteiger partial charge on any atom is 0.338 e. The third-order valence-corrected chi connectivity index (χ3v) is 2.73. The molecule has 1 aromatic carbocycles. The van der Waals surface area contributed by atoms with E-state index in [1.807, 2.05) is 19.9 Å². The lowest BCUT2D eigenvalue weighted by Crippen LogP contribution is -2.09. The summed E-state index contributed by atoms with van der Waals surface area (Å²) >= 11 is 0. The molecule has 4 nitrogen and oxygen atoms in total. The molecule has 0 radical (unpaired) electrons. The predicted octanol–water partition coefficient (Wildman–Crippen LogP) is 2.39. The first-order valence-electron chi connectivity index (χ1n) is 5.51. The van der Waals surface area contributed by atoms with Gasteiger partial charge >= 0.3 is 5.97 Å². The highest BCUT2D eigenvalue weighted by Gasteiger charge is 2.14. The Balaban J connectivity index is 2.38. The number of aromatic nitrogens is 2. The first-order valence-corrected chi connectivity index (χ1v) is 5.51. The molecule has 0 fully saturated rings. The van der Waals surface area contributed by atoms with Crippen molar-refractivity contribution in [3.63, 3.8) is 0 Å². The van der Waals surface area contributed by atoms with Crippen LogP contribution < -0.4 is 0 Å². The molecule has 0 unspecified atom stereocenters. The molecule has 0 aliphatic rings. The van der Waals surface area contributed by atoms with Crippen LogP contribution in [0.5, 0.6) is 0 Å². The Bertz CT molecular complexity index is 605. The first-order chi connectivity index (χ1) is 8.49. The molecule has 2 aromatic rings. The van der Waals surface area contributed by atoms with Gasteiger partial charge in [-0.05, 0) is 26.0 Å². The van der Waals surface area contributed by atoms with Crippen LogP contribution >= 0.6 is 0 Å². The van der Waals surface area contributed by atoms with Crippen LogP contribution in [-0.2, 0) is 6.54 Å². The Morgan fingerprint density at radius 3 is 2.72 bits per heavy atom. The average molecular weight is 248 g/mol. The van der Waals surface area contributed by atoms with Crippen molar-refractivity contribution >= 4 is 5.97 Å². The smallest absolute Gasteiger partial charge is 0.338 e. The maximum atomic E-state index is 13.9. The third-order valence-electron chi connectivity index (χ3n) is 2.73. The van der Waals surface area contributed by atoms with Crippen molar-refractivity contribution in [3.8, 4) is 0 Å². The van der Waals surface area contributed by atoms with Gasteiger partial charge in [-0.25, -0.2) is 9.18 Å². The number of carbonyl (C=O) groups is 1. The molecule has 0 aliphatic heterocycles. The quantitative estimate of drug-likeness (QED) is 0.907. The Kier molecular flexibility index (Phi) is 3.14. The molecule has 2 rings (SSSR count). The summed E-state index contributed by atoms with van der Waals surface area (Å²) in [6.07, 6.45) is 0. The summed E-state index contributed by atoms with van der Waals surface area (Å²) in [4.78, 5) is 10.8. The number of aromatic carboxylic acids is 1. The van der Waals surface area contributed by atoms with Gasteiger partial charge in [-0.15, -0.1) is 0 Å². The lowest BCUT2D eigenvalue weighted by molar-refractivity contribution is 0.0691. The molecule has 1 aromatic heterocycles. The van der Waals surface area contributed by atoms with Crippen LogP contribution in [-0.4, -0.2) is 20.9 Å². The highest BCUT2D eigenvalue weighted by atomic mass is 19.1. The molecular formula is C13H13FN2O2. The second-order valence-electron chi connectivity index (χ2n) is 4.17. The van der Waals surface area contributed by atoms with E-state index in [9.17, 15) is 9.18 Å². The van der Waals surface area contributed by atoms with Crippen LogP contribution in [0, 0.1) is 19.7 Å². The summed E-state index contributed by atoms with van der Waals surface area (Å²) in [5, 5.41) is 13.1. The third kappa shape index (κ3) is 2.25. The molecule has 0 bridgehead atoms. The zero-order chi connectivity index (χ0) is 13.3. The van der Waals surface area contributed by atoms with Gasteiger partial charge < -0.3 is 5.11 Å². The Morgan fingerprint density at radius 1 is 1.44 bits per heavy atom. The van der Waals surface area contributed by atoms with Crippen molar-refractivity contribution in [3.05, 3.63) is 52.6 Å². The second kappa shape index (κ2) is 4.60. The van der Waals surface area contributed by atoms with Crippen molar-refractivity contribution in [2.75, 3.05) is 0 Å². The Morgan fingerprint density at radius 2 is 2.17 bits per heavy atom. The van der Waals surface area contributed by atoms with E-state index in [0.717, 1.165) is 11.4 Å². The first kappa shape index (κ1) is 12.3. The van der Waals surface area contributed by atoms with Gasteiger partial charge in [0.25, 0.3) is 0 Å². The van der Waals surface area contributed by atoms with E-state index >= 15 is 0 Å². The number of hydrogen-bond donors (Lipinski definition) is 1. The van der Waals surface area contributed by atoms with E-state index in [1.54, 1.807) is 10.7 Å². The summed E-state index contributed by atoms with van der Waals surface area (Å²) in [5.41, 5.74) is 1.77. The fraction of sp³-hybridized carbons (Fsp3) is 0.231. The number of halogens is 1. The van der Waals surface area contributed by atoms with Gasteiger partial charge in [0.15, 0.2) is 0 Å². The minimum atomic E-state index is -1.26. The highest BCUT2D eigenvalue weighted by Crippen LogP contribution is 2.15. The van der Waals surface area contributed by atoms with Crippen LogP contribution in [0.15, 0.2) is 24.3 Å². The minimum absolute atomic E-state index is 0.229. The van der Waals surface area contributed by atoms with Crippen molar-refractivity contribution in [2.24, 2.45) is 0 Å². The van der Waals surface area contributed by atoms with Crippen LogP contribution in [0.25, 0.3) is 0 Å². The molecule has 1 N–H and O–H groups in total. The molecule has 0 saturated carbocycles. The van der Waals surface area contributed by atoms with E-state index < -0.39 is 11.8 Å². The molecular weight excluding hydrogens is 235 g/mol. The second-order valence-corrected chi connectivity index (χ2v) is 4.17. The number of hydrogen-bond acceptors (Lipinski definition) is 2. The number of benzene rings is 1. The largest absolute Gasteiger partial charge is 0.478 e. The highest BCUT2D eigenvalue weighted by molar-refractivity contribution is 5.88. The van der Waals surface area contributed by atoms with Gasteiger partial charge in [-0.3, -0.25) is 4.68 Å². The molecule has 0 atom stereocenters. The van der Waals surface area contributed by atoms with E-state index in [2.05, 4.69) is 5.10 Å². The molecule has 0 saturated heterocycles. The van der Waals surface area contributed by atoms with E-state index in [4.69, 9.17) is 5.11 Å². The van der Waals surface area contributed by atoms with E-state index in [0.29, 0.717) is 5.56 Å². The fourth-order valence-corrected chi connectivity index (χ4v) is 1.86. The molecule has 5 heteroatoms. The van der Waals surface area contributed by atoms with Crippen molar-refractivity contribution in [2.45, 2.75) is 20.4 Å². The summed E-state index contributed by atoms with van der Waals surface area (Å²) in [6, 6.07) is 6.24. The van der Waals surface area contributed by atoms with Gasteiger partial charge in [0.1, 0.15) is 5.82 Å². The molecule has 1 heterocycles. The Hall–Kier alpha value is -2.17. The molecule has 0 amide bonds. The monoisotopic (exact) mass is 248 g/mol. The van der Waals surface area contributed by atoms with Gasteiger partial charge in [-0.1, -0.05) is 12.1 Å². The Labute approximate surface area is 104 Å². The van der Waals surface area contributed by atoms with Crippen molar-refractivity contribution < 1.29 is 14.3 Å². The van der Waals surface area contributed by atoms with Gasteiger partial charge in [-0.2, -0.15) is 5.10 Å². The lowest BCUT2D eigenvalue weighted by Gasteiger charge is -2.07. The van der Waals surface area contributed by atoms with Crippen LogP contribution in [0.1, 0.15) is 27.3 Å². The van der Waals surface area contributed by atoms with E-state index in [-0.39, 0.29) is 12.1 Å².